The van der Waals surface area contributed by atoms with Gasteiger partial charge in [0.05, 0.1) is 5.56 Å². The quantitative estimate of drug-likeness (QED) is 0.570. The maximum Gasteiger partial charge on any atom is 0.232 e. The molecular formula is C22H18O3S. The standard InChI is InChI=1S/C22H18O3S/c1-14-8-9-26-20(14)12-19-22(23)21-15(2)10-17(11-18(21)25-19)24-13-16-6-4-3-5-7-16/h3-12H,13H2,1-2H3/b19-12-. The summed E-state index contributed by atoms with van der Waals surface area (Å²) in [7, 11) is 0. The molecule has 1 aromatic heterocycles. The first-order chi connectivity index (χ1) is 12.6. The van der Waals surface area contributed by atoms with Gasteiger partial charge in [-0.1, -0.05) is 30.3 Å². The van der Waals surface area contributed by atoms with E-state index in [-0.39, 0.29) is 5.78 Å². The summed E-state index contributed by atoms with van der Waals surface area (Å²) in [6.07, 6.45) is 1.83. The van der Waals surface area contributed by atoms with Crippen molar-refractivity contribution < 1.29 is 14.3 Å². The maximum absolute atomic E-state index is 12.7. The lowest BCUT2D eigenvalue weighted by atomic mass is 10.0. The third-order valence-electron chi connectivity index (χ3n) is 4.36. The maximum atomic E-state index is 12.7. The van der Waals surface area contributed by atoms with Crippen LogP contribution in [0.3, 0.4) is 0 Å². The van der Waals surface area contributed by atoms with Crippen molar-refractivity contribution in [1.82, 2.24) is 0 Å². The van der Waals surface area contributed by atoms with Crippen LogP contribution in [0.4, 0.5) is 0 Å². The van der Waals surface area contributed by atoms with Crippen LogP contribution < -0.4 is 9.47 Å². The summed E-state index contributed by atoms with van der Waals surface area (Å²) >= 11 is 1.60. The molecule has 4 heteroatoms. The lowest BCUT2D eigenvalue weighted by Crippen LogP contribution is -2.00. The summed E-state index contributed by atoms with van der Waals surface area (Å²) in [6, 6.07) is 15.7. The third-order valence-corrected chi connectivity index (χ3v) is 5.32. The first kappa shape index (κ1) is 16.6. The number of ketones is 1. The summed E-state index contributed by atoms with van der Waals surface area (Å²) in [5.74, 6) is 1.57. The number of thiophene rings is 1. The number of fused-ring (bicyclic) bond motifs is 1. The second-order valence-electron chi connectivity index (χ2n) is 6.30. The zero-order valence-electron chi connectivity index (χ0n) is 14.6. The number of carbonyl (C=O) groups excluding carboxylic acids is 1. The minimum atomic E-state index is -0.0695. The molecule has 0 N–H and O–H groups in total. The van der Waals surface area contributed by atoms with Gasteiger partial charge in [0.15, 0.2) is 5.76 Å². The van der Waals surface area contributed by atoms with Crippen LogP contribution in [-0.2, 0) is 6.61 Å². The molecule has 0 aliphatic carbocycles. The van der Waals surface area contributed by atoms with Crippen molar-refractivity contribution in [2.75, 3.05) is 0 Å². The Morgan fingerprint density at radius 1 is 1.08 bits per heavy atom. The molecule has 0 unspecified atom stereocenters. The highest BCUT2D eigenvalue weighted by atomic mass is 32.1. The van der Waals surface area contributed by atoms with Crippen molar-refractivity contribution in [1.29, 1.82) is 0 Å². The molecule has 3 aromatic rings. The van der Waals surface area contributed by atoms with E-state index < -0.39 is 0 Å². The van der Waals surface area contributed by atoms with Crippen molar-refractivity contribution in [2.45, 2.75) is 20.5 Å². The molecule has 0 saturated heterocycles. The van der Waals surface area contributed by atoms with Gasteiger partial charge in [0.2, 0.25) is 5.78 Å². The largest absolute Gasteiger partial charge is 0.489 e. The molecule has 0 spiro atoms. The molecule has 4 rings (SSSR count). The number of allylic oxidation sites excluding steroid dienone is 1. The zero-order valence-corrected chi connectivity index (χ0v) is 15.4. The molecule has 0 amide bonds. The average Bonchev–Trinajstić information content (AvgIpc) is 3.18. The van der Waals surface area contributed by atoms with E-state index in [0.29, 0.717) is 29.4 Å². The van der Waals surface area contributed by atoms with Crippen LogP contribution >= 0.6 is 11.3 Å². The van der Waals surface area contributed by atoms with Gasteiger partial charge in [-0.2, -0.15) is 0 Å². The highest BCUT2D eigenvalue weighted by Crippen LogP contribution is 2.38. The van der Waals surface area contributed by atoms with Gasteiger partial charge in [0.25, 0.3) is 0 Å². The summed E-state index contributed by atoms with van der Waals surface area (Å²) in [5, 5.41) is 2.01. The van der Waals surface area contributed by atoms with Crippen molar-refractivity contribution in [3.8, 4) is 11.5 Å². The smallest absolute Gasteiger partial charge is 0.232 e. The molecule has 0 atom stereocenters. The number of ether oxygens (including phenoxy) is 2. The van der Waals surface area contributed by atoms with Crippen LogP contribution in [0, 0.1) is 13.8 Å². The Morgan fingerprint density at radius 3 is 2.62 bits per heavy atom. The van der Waals surface area contributed by atoms with E-state index in [1.54, 1.807) is 17.4 Å². The SMILES string of the molecule is Cc1ccsc1/C=C1\Oc2cc(OCc3ccccc3)cc(C)c2C1=O. The molecule has 1 aliphatic heterocycles. The van der Waals surface area contributed by atoms with Crippen LogP contribution in [0.2, 0.25) is 0 Å². The predicted octanol–water partition coefficient (Wildman–Crippen LogP) is 5.56. The second kappa shape index (κ2) is 6.81. The molecule has 130 valence electrons. The lowest BCUT2D eigenvalue weighted by Gasteiger charge is -2.09. The van der Waals surface area contributed by atoms with Gasteiger partial charge in [0.1, 0.15) is 18.1 Å². The van der Waals surface area contributed by atoms with E-state index in [4.69, 9.17) is 9.47 Å². The lowest BCUT2D eigenvalue weighted by molar-refractivity contribution is 0.101. The van der Waals surface area contributed by atoms with Crippen LogP contribution in [0.15, 0.2) is 59.7 Å². The Balaban J connectivity index is 1.59. The molecular weight excluding hydrogens is 344 g/mol. The fraction of sp³-hybridized carbons (Fsp3) is 0.136. The van der Waals surface area contributed by atoms with Gasteiger partial charge < -0.3 is 9.47 Å². The molecule has 1 aliphatic rings. The van der Waals surface area contributed by atoms with Crippen LogP contribution in [0.5, 0.6) is 11.5 Å². The van der Waals surface area contributed by atoms with Crippen LogP contribution in [-0.4, -0.2) is 5.78 Å². The predicted molar refractivity (Wildman–Crippen MR) is 104 cm³/mol. The number of carbonyl (C=O) groups is 1. The Morgan fingerprint density at radius 2 is 1.88 bits per heavy atom. The Kier molecular flexibility index (Phi) is 4.35. The minimum absolute atomic E-state index is 0.0695. The van der Waals surface area contributed by atoms with E-state index in [9.17, 15) is 4.79 Å². The van der Waals surface area contributed by atoms with Crippen molar-refractivity contribution in [3.63, 3.8) is 0 Å². The molecule has 0 radical (unpaired) electrons. The Bertz CT molecular complexity index is 999. The fourth-order valence-electron chi connectivity index (χ4n) is 2.95. The molecule has 3 nitrogen and oxygen atoms in total. The summed E-state index contributed by atoms with van der Waals surface area (Å²) in [6.45, 7) is 4.41. The van der Waals surface area contributed by atoms with Crippen molar-refractivity contribution >= 4 is 23.2 Å². The zero-order chi connectivity index (χ0) is 18.1. The van der Waals surface area contributed by atoms with Gasteiger partial charge in [-0.3, -0.25) is 4.79 Å². The number of aryl methyl sites for hydroxylation is 2. The first-order valence-electron chi connectivity index (χ1n) is 8.41. The number of Topliss-reactive ketones (excluding diaryl/α,β-unsaturated/α-hetero) is 1. The number of hydrogen-bond acceptors (Lipinski definition) is 4. The van der Waals surface area contributed by atoms with E-state index in [2.05, 4.69) is 0 Å². The van der Waals surface area contributed by atoms with E-state index >= 15 is 0 Å². The average molecular weight is 362 g/mol. The van der Waals surface area contributed by atoms with Gasteiger partial charge in [-0.25, -0.2) is 0 Å². The summed E-state index contributed by atoms with van der Waals surface area (Å²) in [4.78, 5) is 13.8. The van der Waals surface area contributed by atoms with E-state index in [1.807, 2.05) is 67.8 Å². The number of rotatable bonds is 4. The highest BCUT2D eigenvalue weighted by Gasteiger charge is 2.30. The van der Waals surface area contributed by atoms with Gasteiger partial charge in [-0.15, -0.1) is 11.3 Å². The first-order valence-corrected chi connectivity index (χ1v) is 9.29. The minimum Gasteiger partial charge on any atom is -0.489 e. The van der Waals surface area contributed by atoms with E-state index in [0.717, 1.165) is 21.6 Å². The second-order valence-corrected chi connectivity index (χ2v) is 7.24. The molecule has 2 heterocycles. The van der Waals surface area contributed by atoms with Crippen LogP contribution in [0.1, 0.15) is 31.9 Å². The van der Waals surface area contributed by atoms with Crippen molar-refractivity contribution in [2.24, 2.45) is 0 Å². The molecule has 0 fully saturated rings. The Labute approximate surface area is 156 Å². The summed E-state index contributed by atoms with van der Waals surface area (Å²) < 4.78 is 11.7. The molecule has 2 aromatic carbocycles. The molecule has 0 saturated carbocycles. The molecule has 26 heavy (non-hydrogen) atoms. The topological polar surface area (TPSA) is 35.5 Å². The number of hydrogen-bond donors (Lipinski definition) is 0. The van der Waals surface area contributed by atoms with E-state index in [1.165, 1.54) is 0 Å². The Hall–Kier alpha value is -2.85. The highest BCUT2D eigenvalue weighted by molar-refractivity contribution is 7.11. The normalized spacial score (nSPS) is 14.4. The van der Waals surface area contributed by atoms with Crippen molar-refractivity contribution in [3.05, 3.63) is 86.8 Å². The summed E-state index contributed by atoms with van der Waals surface area (Å²) in [5.41, 5.74) is 3.72. The van der Waals surface area contributed by atoms with Crippen LogP contribution in [0.25, 0.3) is 6.08 Å². The number of benzene rings is 2. The van der Waals surface area contributed by atoms with Gasteiger partial charge >= 0.3 is 0 Å². The fourth-order valence-corrected chi connectivity index (χ4v) is 3.80. The third kappa shape index (κ3) is 3.16. The van der Waals surface area contributed by atoms with Gasteiger partial charge in [0, 0.05) is 17.0 Å². The molecule has 0 bridgehead atoms. The monoisotopic (exact) mass is 362 g/mol. The van der Waals surface area contributed by atoms with Gasteiger partial charge in [-0.05, 0) is 48.1 Å².